The van der Waals surface area contributed by atoms with Gasteiger partial charge in [-0.2, -0.15) is 10.1 Å². The molecule has 1 aromatic carbocycles. The molecule has 0 atom stereocenters. The molecule has 20 heavy (non-hydrogen) atoms. The number of aromatic nitrogens is 3. The first-order chi connectivity index (χ1) is 9.44. The van der Waals surface area contributed by atoms with E-state index in [0.717, 1.165) is 4.47 Å². The molecule has 2 N–H and O–H groups in total. The third kappa shape index (κ3) is 4.42. The number of hydrogen-bond donors (Lipinski definition) is 2. The zero-order valence-corrected chi connectivity index (χ0v) is 12.6. The topological polar surface area (TPSA) is 105 Å². The van der Waals surface area contributed by atoms with E-state index in [1.807, 2.05) is 0 Å². The van der Waals surface area contributed by atoms with E-state index in [4.69, 9.17) is 0 Å². The lowest BCUT2D eigenvalue weighted by Gasteiger charge is -2.05. The number of carbonyl (C=O) groups excluding carboxylic acids is 1. The molecule has 0 bridgehead atoms. The number of H-pyrrole nitrogens is 1. The third-order valence-electron chi connectivity index (χ3n) is 2.30. The highest BCUT2D eigenvalue weighted by atomic mass is 79.9. The predicted octanol–water partition coefficient (Wildman–Crippen LogP) is 1.12. The molecule has 1 heterocycles. The second-order valence-electron chi connectivity index (χ2n) is 4.04. The van der Waals surface area contributed by atoms with Crippen LogP contribution >= 0.6 is 15.9 Å². The molecule has 0 saturated carbocycles. The van der Waals surface area contributed by atoms with Gasteiger partial charge >= 0.3 is 0 Å². The van der Waals surface area contributed by atoms with Gasteiger partial charge < -0.3 is 0 Å². The molecule has 2 aromatic rings. The lowest BCUT2D eigenvalue weighted by Crippen LogP contribution is -2.24. The molecular formula is C11H11BrN4O3S. The fraction of sp³-hybridized carbons (Fsp3) is 0.182. The number of aromatic amines is 1. The molecule has 0 aliphatic carbocycles. The maximum atomic E-state index is 11.9. The van der Waals surface area contributed by atoms with Crippen molar-refractivity contribution >= 4 is 37.6 Å². The SMILES string of the molecule is O=C(CS(=O)(=O)Cc1cccc(Br)c1)Nc1ncn[nH]1. The summed E-state index contributed by atoms with van der Waals surface area (Å²) in [4.78, 5) is 15.3. The zero-order valence-electron chi connectivity index (χ0n) is 10.2. The Morgan fingerprint density at radius 2 is 2.20 bits per heavy atom. The number of nitrogens with zero attached hydrogens (tertiary/aromatic N) is 2. The zero-order chi connectivity index (χ0) is 14.6. The van der Waals surface area contributed by atoms with Crippen LogP contribution in [0.5, 0.6) is 0 Å². The Morgan fingerprint density at radius 1 is 1.40 bits per heavy atom. The van der Waals surface area contributed by atoms with Crippen LogP contribution in [0.4, 0.5) is 5.95 Å². The molecule has 0 radical (unpaired) electrons. The highest BCUT2D eigenvalue weighted by molar-refractivity contribution is 9.10. The standard InChI is InChI=1S/C11H11BrN4O3S/c12-9-3-1-2-8(4-9)5-20(18,19)6-10(17)15-11-13-7-14-16-11/h1-4,7H,5-6H2,(H2,13,14,15,16,17). The minimum Gasteiger partial charge on any atom is -0.294 e. The average molecular weight is 359 g/mol. The van der Waals surface area contributed by atoms with Crippen LogP contribution in [0.2, 0.25) is 0 Å². The van der Waals surface area contributed by atoms with Crippen molar-refractivity contribution in [3.05, 3.63) is 40.6 Å². The van der Waals surface area contributed by atoms with Crippen molar-refractivity contribution < 1.29 is 13.2 Å². The first-order valence-electron chi connectivity index (χ1n) is 5.55. The van der Waals surface area contributed by atoms with Gasteiger partial charge in [-0.1, -0.05) is 28.1 Å². The van der Waals surface area contributed by atoms with Crippen molar-refractivity contribution in [3.63, 3.8) is 0 Å². The largest absolute Gasteiger partial charge is 0.294 e. The minimum absolute atomic E-state index is 0.118. The van der Waals surface area contributed by atoms with Gasteiger partial charge in [-0.15, -0.1) is 0 Å². The maximum Gasteiger partial charge on any atom is 0.241 e. The van der Waals surface area contributed by atoms with E-state index in [9.17, 15) is 13.2 Å². The van der Waals surface area contributed by atoms with Gasteiger partial charge in [0.2, 0.25) is 11.9 Å². The van der Waals surface area contributed by atoms with Gasteiger partial charge in [0.15, 0.2) is 9.84 Å². The van der Waals surface area contributed by atoms with Crippen molar-refractivity contribution in [2.45, 2.75) is 5.75 Å². The maximum absolute atomic E-state index is 11.9. The smallest absolute Gasteiger partial charge is 0.241 e. The molecule has 0 aliphatic heterocycles. The quantitative estimate of drug-likeness (QED) is 0.833. The van der Waals surface area contributed by atoms with Gasteiger partial charge in [-0.25, -0.2) is 13.5 Å². The Labute approximate surface area is 123 Å². The molecule has 1 aromatic heterocycles. The number of anilines is 1. The number of amides is 1. The Kier molecular flexibility index (Phi) is 4.50. The van der Waals surface area contributed by atoms with Crippen molar-refractivity contribution in [3.8, 4) is 0 Å². The molecule has 9 heteroatoms. The monoisotopic (exact) mass is 358 g/mol. The van der Waals surface area contributed by atoms with Crippen LogP contribution in [0.25, 0.3) is 0 Å². The van der Waals surface area contributed by atoms with Gasteiger partial charge in [-0.3, -0.25) is 10.1 Å². The Bertz CT molecular complexity index is 700. The van der Waals surface area contributed by atoms with Crippen LogP contribution in [-0.2, 0) is 20.4 Å². The Morgan fingerprint density at radius 3 is 2.85 bits per heavy atom. The van der Waals surface area contributed by atoms with Crippen molar-refractivity contribution in [2.75, 3.05) is 11.1 Å². The van der Waals surface area contributed by atoms with Crippen LogP contribution in [0.15, 0.2) is 35.1 Å². The highest BCUT2D eigenvalue weighted by Crippen LogP contribution is 2.14. The summed E-state index contributed by atoms with van der Waals surface area (Å²) in [7, 11) is -3.55. The summed E-state index contributed by atoms with van der Waals surface area (Å²) >= 11 is 3.27. The number of rotatable bonds is 5. The van der Waals surface area contributed by atoms with Crippen LogP contribution in [-0.4, -0.2) is 35.3 Å². The van der Waals surface area contributed by atoms with E-state index >= 15 is 0 Å². The van der Waals surface area contributed by atoms with Crippen LogP contribution in [0, 0.1) is 0 Å². The molecule has 0 spiro atoms. The molecule has 2 rings (SSSR count). The lowest BCUT2D eigenvalue weighted by molar-refractivity contribution is -0.113. The average Bonchev–Trinajstić information content (AvgIpc) is 2.79. The molecule has 106 valence electrons. The van der Waals surface area contributed by atoms with Gasteiger partial charge in [0, 0.05) is 4.47 Å². The van der Waals surface area contributed by atoms with Gasteiger partial charge in [0.1, 0.15) is 12.1 Å². The van der Waals surface area contributed by atoms with E-state index in [1.165, 1.54) is 6.33 Å². The van der Waals surface area contributed by atoms with E-state index in [-0.39, 0.29) is 11.7 Å². The normalized spacial score (nSPS) is 11.2. The van der Waals surface area contributed by atoms with Crippen molar-refractivity contribution in [1.82, 2.24) is 15.2 Å². The number of carbonyl (C=O) groups is 1. The first kappa shape index (κ1) is 14.7. The Hall–Kier alpha value is -1.74. The fourth-order valence-electron chi connectivity index (χ4n) is 1.57. The van der Waals surface area contributed by atoms with Crippen molar-refractivity contribution in [2.24, 2.45) is 0 Å². The van der Waals surface area contributed by atoms with Crippen LogP contribution in [0.1, 0.15) is 5.56 Å². The fourth-order valence-corrected chi connectivity index (χ4v) is 3.27. The molecular weight excluding hydrogens is 348 g/mol. The van der Waals surface area contributed by atoms with Crippen LogP contribution < -0.4 is 5.32 Å². The van der Waals surface area contributed by atoms with Crippen molar-refractivity contribution in [1.29, 1.82) is 0 Å². The number of halogens is 1. The second kappa shape index (κ2) is 6.14. The predicted molar refractivity (Wildman–Crippen MR) is 76.6 cm³/mol. The van der Waals surface area contributed by atoms with E-state index in [2.05, 4.69) is 36.4 Å². The second-order valence-corrected chi connectivity index (χ2v) is 7.02. The van der Waals surface area contributed by atoms with E-state index < -0.39 is 21.5 Å². The lowest BCUT2D eigenvalue weighted by atomic mass is 10.2. The summed E-state index contributed by atoms with van der Waals surface area (Å²) in [5.41, 5.74) is 0.617. The molecule has 0 unspecified atom stereocenters. The summed E-state index contributed by atoms with van der Waals surface area (Å²) < 4.78 is 24.6. The van der Waals surface area contributed by atoms with Gasteiger partial charge in [0.25, 0.3) is 0 Å². The summed E-state index contributed by atoms with van der Waals surface area (Å²) in [6.45, 7) is 0. The number of sulfone groups is 1. The molecule has 1 amide bonds. The molecule has 0 aliphatic rings. The van der Waals surface area contributed by atoms with E-state index in [0.29, 0.717) is 5.56 Å². The van der Waals surface area contributed by atoms with Gasteiger partial charge in [0.05, 0.1) is 5.75 Å². The summed E-state index contributed by atoms with van der Waals surface area (Å²) in [5, 5.41) is 8.28. The number of benzene rings is 1. The van der Waals surface area contributed by atoms with Gasteiger partial charge in [-0.05, 0) is 17.7 Å². The molecule has 7 nitrogen and oxygen atoms in total. The summed E-state index contributed by atoms with van der Waals surface area (Å²) in [6, 6.07) is 6.93. The Balaban J connectivity index is 1.98. The van der Waals surface area contributed by atoms with Crippen LogP contribution in [0.3, 0.4) is 0 Å². The first-order valence-corrected chi connectivity index (χ1v) is 8.16. The molecule has 0 fully saturated rings. The summed E-state index contributed by atoms with van der Waals surface area (Å²) in [5.74, 6) is -1.35. The number of hydrogen-bond acceptors (Lipinski definition) is 5. The highest BCUT2D eigenvalue weighted by Gasteiger charge is 2.18. The summed E-state index contributed by atoms with van der Waals surface area (Å²) in [6.07, 6.45) is 1.21. The third-order valence-corrected chi connectivity index (χ3v) is 4.27. The molecule has 0 saturated heterocycles. The minimum atomic E-state index is -3.55. The number of nitrogens with one attached hydrogen (secondary N) is 2. The van der Waals surface area contributed by atoms with E-state index in [1.54, 1.807) is 24.3 Å².